The van der Waals surface area contributed by atoms with Gasteiger partial charge in [0.15, 0.2) is 5.96 Å². The number of methoxy groups -OCH3 is 1. The summed E-state index contributed by atoms with van der Waals surface area (Å²) in [6.45, 7) is 3.49. The van der Waals surface area contributed by atoms with Crippen molar-refractivity contribution in [2.75, 3.05) is 20.7 Å². The van der Waals surface area contributed by atoms with Gasteiger partial charge in [-0.3, -0.25) is 4.99 Å². The molecule has 0 aliphatic heterocycles. The summed E-state index contributed by atoms with van der Waals surface area (Å²) in [7, 11) is 3.48. The smallest absolute Gasteiger partial charge is 0.191 e. The summed E-state index contributed by atoms with van der Waals surface area (Å²) in [5, 5.41) is 11.1. The molecule has 28 heavy (non-hydrogen) atoms. The quantitative estimate of drug-likeness (QED) is 0.491. The number of ether oxygens (including phenoxy) is 1. The lowest BCUT2D eigenvalue weighted by Gasteiger charge is -2.12. The van der Waals surface area contributed by atoms with Crippen LogP contribution in [0.2, 0.25) is 0 Å². The number of nitrogens with one attached hydrogen (secondary N) is 2. The highest BCUT2D eigenvalue weighted by molar-refractivity contribution is 5.79. The molecule has 0 aliphatic carbocycles. The monoisotopic (exact) mass is 377 g/mol. The van der Waals surface area contributed by atoms with Crippen LogP contribution in [0.5, 0.6) is 5.75 Å². The van der Waals surface area contributed by atoms with Crippen LogP contribution in [0.1, 0.15) is 16.7 Å². The fourth-order valence-corrected chi connectivity index (χ4v) is 2.92. The van der Waals surface area contributed by atoms with Gasteiger partial charge in [0.2, 0.25) is 0 Å². The van der Waals surface area contributed by atoms with Crippen molar-refractivity contribution in [2.24, 2.45) is 4.99 Å². The van der Waals surface area contributed by atoms with Gasteiger partial charge in [0, 0.05) is 31.9 Å². The molecule has 0 saturated carbocycles. The number of para-hydroxylation sites is 1. The number of aliphatic imine (C=N–C) groups is 1. The third-order valence-electron chi connectivity index (χ3n) is 4.52. The van der Waals surface area contributed by atoms with Crippen molar-refractivity contribution >= 4 is 5.96 Å². The standard InChI is InChI=1S/C22H27N5O/c1-17-9-10-18(13-21(17)28-3)11-12-24-22(23-2)25-14-19-15-26-27(16-19)20-7-5-4-6-8-20/h4-10,13,15-16H,11-12,14H2,1-3H3,(H2,23,24,25). The molecule has 3 aromatic rings. The second kappa shape index (κ2) is 9.60. The fraction of sp³-hybridized carbons (Fsp3) is 0.273. The Morgan fingerprint density at radius 2 is 1.93 bits per heavy atom. The first-order valence-electron chi connectivity index (χ1n) is 9.36. The number of hydrogen-bond acceptors (Lipinski definition) is 3. The van der Waals surface area contributed by atoms with Crippen molar-refractivity contribution in [3.8, 4) is 11.4 Å². The van der Waals surface area contributed by atoms with E-state index < -0.39 is 0 Å². The van der Waals surface area contributed by atoms with Gasteiger partial charge in [-0.2, -0.15) is 5.10 Å². The molecule has 1 aromatic heterocycles. The second-order valence-electron chi connectivity index (χ2n) is 6.54. The molecule has 0 radical (unpaired) electrons. The highest BCUT2D eigenvalue weighted by atomic mass is 16.5. The van der Waals surface area contributed by atoms with Gasteiger partial charge in [-0.15, -0.1) is 0 Å². The molecule has 2 N–H and O–H groups in total. The van der Waals surface area contributed by atoms with E-state index in [0.29, 0.717) is 6.54 Å². The molecular formula is C22H27N5O. The molecule has 6 nitrogen and oxygen atoms in total. The van der Waals surface area contributed by atoms with E-state index >= 15 is 0 Å². The van der Waals surface area contributed by atoms with Crippen LogP contribution in [0.4, 0.5) is 0 Å². The van der Waals surface area contributed by atoms with E-state index in [1.807, 2.05) is 54.3 Å². The minimum atomic E-state index is 0.658. The summed E-state index contributed by atoms with van der Waals surface area (Å²) in [6.07, 6.45) is 4.78. The first-order chi connectivity index (χ1) is 13.7. The first-order valence-corrected chi connectivity index (χ1v) is 9.36. The summed E-state index contributed by atoms with van der Waals surface area (Å²) in [5.41, 5.74) is 4.52. The van der Waals surface area contributed by atoms with E-state index in [-0.39, 0.29) is 0 Å². The van der Waals surface area contributed by atoms with Crippen LogP contribution >= 0.6 is 0 Å². The summed E-state index contributed by atoms with van der Waals surface area (Å²) >= 11 is 0. The van der Waals surface area contributed by atoms with Crippen molar-refractivity contribution in [1.82, 2.24) is 20.4 Å². The Labute approximate surface area is 166 Å². The number of guanidine groups is 1. The van der Waals surface area contributed by atoms with Gasteiger partial charge >= 0.3 is 0 Å². The highest BCUT2D eigenvalue weighted by Gasteiger charge is 2.04. The Balaban J connectivity index is 1.48. The molecule has 0 bridgehead atoms. The zero-order valence-corrected chi connectivity index (χ0v) is 16.6. The molecule has 0 amide bonds. The van der Waals surface area contributed by atoms with Crippen molar-refractivity contribution in [2.45, 2.75) is 19.9 Å². The van der Waals surface area contributed by atoms with Crippen LogP contribution < -0.4 is 15.4 Å². The molecule has 0 unspecified atom stereocenters. The third-order valence-corrected chi connectivity index (χ3v) is 4.52. The highest BCUT2D eigenvalue weighted by Crippen LogP contribution is 2.19. The second-order valence-corrected chi connectivity index (χ2v) is 6.54. The average molecular weight is 377 g/mol. The molecule has 0 fully saturated rings. The lowest BCUT2D eigenvalue weighted by Crippen LogP contribution is -2.37. The number of aryl methyl sites for hydroxylation is 1. The first kappa shape index (κ1) is 19.5. The van der Waals surface area contributed by atoms with Crippen LogP contribution in [0.15, 0.2) is 65.9 Å². The zero-order valence-electron chi connectivity index (χ0n) is 16.6. The van der Waals surface area contributed by atoms with Crippen LogP contribution in [0.25, 0.3) is 5.69 Å². The third kappa shape index (κ3) is 5.13. The summed E-state index contributed by atoms with van der Waals surface area (Å²) in [6, 6.07) is 16.4. The predicted molar refractivity (Wildman–Crippen MR) is 113 cm³/mol. The fourth-order valence-electron chi connectivity index (χ4n) is 2.92. The normalized spacial score (nSPS) is 11.3. The number of benzene rings is 2. The van der Waals surface area contributed by atoms with Crippen molar-refractivity contribution in [3.05, 3.63) is 77.6 Å². The molecule has 2 aromatic carbocycles. The summed E-state index contributed by atoms with van der Waals surface area (Å²) in [4.78, 5) is 4.29. The largest absolute Gasteiger partial charge is 0.496 e. The summed E-state index contributed by atoms with van der Waals surface area (Å²) < 4.78 is 7.26. The van der Waals surface area contributed by atoms with Gasteiger partial charge < -0.3 is 15.4 Å². The SMILES string of the molecule is CN=C(NCCc1ccc(C)c(OC)c1)NCc1cnn(-c2ccccc2)c1. The van der Waals surface area contributed by atoms with E-state index in [1.54, 1.807) is 14.2 Å². The molecule has 0 atom stereocenters. The van der Waals surface area contributed by atoms with Crippen molar-refractivity contribution < 1.29 is 4.74 Å². The number of hydrogen-bond donors (Lipinski definition) is 2. The lowest BCUT2D eigenvalue weighted by atomic mass is 10.1. The molecule has 0 spiro atoms. The maximum Gasteiger partial charge on any atom is 0.191 e. The van der Waals surface area contributed by atoms with E-state index in [9.17, 15) is 0 Å². The minimum Gasteiger partial charge on any atom is -0.496 e. The lowest BCUT2D eigenvalue weighted by molar-refractivity contribution is 0.411. The maximum atomic E-state index is 5.39. The topological polar surface area (TPSA) is 63.5 Å². The van der Waals surface area contributed by atoms with E-state index in [2.05, 4.69) is 38.9 Å². The Hall–Kier alpha value is -3.28. The van der Waals surface area contributed by atoms with Gasteiger partial charge in [-0.1, -0.05) is 30.3 Å². The molecule has 6 heteroatoms. The van der Waals surface area contributed by atoms with Crippen LogP contribution in [-0.2, 0) is 13.0 Å². The van der Waals surface area contributed by atoms with Crippen molar-refractivity contribution in [1.29, 1.82) is 0 Å². The summed E-state index contributed by atoms with van der Waals surface area (Å²) in [5.74, 6) is 1.70. The Morgan fingerprint density at radius 1 is 1.11 bits per heavy atom. The van der Waals surface area contributed by atoms with E-state index in [4.69, 9.17) is 4.74 Å². The Morgan fingerprint density at radius 3 is 2.68 bits per heavy atom. The number of aromatic nitrogens is 2. The van der Waals surface area contributed by atoms with E-state index in [1.165, 1.54) is 5.56 Å². The minimum absolute atomic E-state index is 0.658. The Kier molecular flexibility index (Phi) is 6.68. The molecule has 3 rings (SSSR count). The zero-order chi connectivity index (χ0) is 19.8. The molecule has 146 valence electrons. The van der Waals surface area contributed by atoms with Crippen LogP contribution in [0.3, 0.4) is 0 Å². The molecule has 0 aliphatic rings. The van der Waals surface area contributed by atoms with Crippen molar-refractivity contribution in [3.63, 3.8) is 0 Å². The van der Waals surface area contributed by atoms with Gasteiger partial charge in [-0.25, -0.2) is 4.68 Å². The maximum absolute atomic E-state index is 5.39. The van der Waals surface area contributed by atoms with Crippen LogP contribution in [-0.4, -0.2) is 36.4 Å². The predicted octanol–water partition coefficient (Wildman–Crippen LogP) is 3.10. The number of nitrogens with zero attached hydrogens (tertiary/aromatic N) is 3. The molecule has 0 saturated heterocycles. The average Bonchev–Trinajstić information content (AvgIpc) is 3.21. The number of rotatable bonds is 7. The van der Waals surface area contributed by atoms with Gasteiger partial charge in [0.05, 0.1) is 19.0 Å². The van der Waals surface area contributed by atoms with Gasteiger partial charge in [0.25, 0.3) is 0 Å². The van der Waals surface area contributed by atoms with Gasteiger partial charge in [-0.05, 0) is 42.7 Å². The Bertz CT molecular complexity index is 918. The van der Waals surface area contributed by atoms with Gasteiger partial charge in [0.1, 0.15) is 5.75 Å². The molecular weight excluding hydrogens is 350 g/mol. The van der Waals surface area contributed by atoms with E-state index in [0.717, 1.165) is 41.5 Å². The molecule has 1 heterocycles. The van der Waals surface area contributed by atoms with Crippen LogP contribution in [0, 0.1) is 6.92 Å².